The monoisotopic (exact) mass is 270 g/mol. The molecule has 3 nitrogen and oxygen atoms in total. The third kappa shape index (κ3) is 2.93. The number of hydrogen-bond donors (Lipinski definition) is 1. The van der Waals surface area contributed by atoms with Crippen molar-refractivity contribution in [2.75, 3.05) is 12.4 Å². The van der Waals surface area contributed by atoms with Gasteiger partial charge in [0.25, 0.3) is 0 Å². The molecule has 1 N–H and O–H groups in total. The van der Waals surface area contributed by atoms with Crippen LogP contribution in [0.15, 0.2) is 30.5 Å². The van der Waals surface area contributed by atoms with Gasteiger partial charge in [0.15, 0.2) is 0 Å². The Labute approximate surface area is 121 Å². The van der Waals surface area contributed by atoms with Gasteiger partial charge in [0, 0.05) is 12.2 Å². The lowest BCUT2D eigenvalue weighted by Crippen LogP contribution is -2.10. The van der Waals surface area contributed by atoms with E-state index >= 15 is 0 Å². The highest BCUT2D eigenvalue weighted by molar-refractivity contribution is 5.54. The predicted molar refractivity (Wildman–Crippen MR) is 83.5 cm³/mol. The summed E-state index contributed by atoms with van der Waals surface area (Å²) in [5.74, 6) is 0.626. The van der Waals surface area contributed by atoms with Gasteiger partial charge in [-0.1, -0.05) is 12.1 Å². The standard InChI is InChI=1S/C17H22N2O/c1-11-9-13(3)15(10-12(11)2)14(4)19-16-7-6-8-18-17(16)20-5/h6-10,14,19H,1-5H3. The summed E-state index contributed by atoms with van der Waals surface area (Å²) in [7, 11) is 1.64. The summed E-state index contributed by atoms with van der Waals surface area (Å²) in [5, 5.41) is 3.48. The van der Waals surface area contributed by atoms with Crippen molar-refractivity contribution < 1.29 is 4.74 Å². The summed E-state index contributed by atoms with van der Waals surface area (Å²) in [5.41, 5.74) is 6.17. The molecule has 106 valence electrons. The number of methoxy groups -OCH3 is 1. The van der Waals surface area contributed by atoms with Crippen LogP contribution in [0.2, 0.25) is 0 Å². The quantitative estimate of drug-likeness (QED) is 0.904. The fourth-order valence-corrected chi connectivity index (χ4v) is 2.42. The number of benzene rings is 1. The van der Waals surface area contributed by atoms with E-state index in [1.807, 2.05) is 12.1 Å². The molecule has 0 saturated carbocycles. The topological polar surface area (TPSA) is 34.1 Å². The van der Waals surface area contributed by atoms with Gasteiger partial charge < -0.3 is 10.1 Å². The van der Waals surface area contributed by atoms with Crippen LogP contribution in [0, 0.1) is 20.8 Å². The van der Waals surface area contributed by atoms with Gasteiger partial charge in [0.05, 0.1) is 12.8 Å². The molecule has 0 spiro atoms. The summed E-state index contributed by atoms with van der Waals surface area (Å²) in [6.07, 6.45) is 1.73. The number of ether oxygens (including phenoxy) is 1. The molecule has 1 aromatic carbocycles. The zero-order valence-electron chi connectivity index (χ0n) is 12.8. The van der Waals surface area contributed by atoms with E-state index in [9.17, 15) is 0 Å². The zero-order chi connectivity index (χ0) is 14.7. The van der Waals surface area contributed by atoms with E-state index < -0.39 is 0 Å². The second-order valence-electron chi connectivity index (χ2n) is 5.22. The number of nitrogens with zero attached hydrogens (tertiary/aromatic N) is 1. The molecule has 0 amide bonds. The summed E-state index contributed by atoms with van der Waals surface area (Å²) in [6.45, 7) is 8.61. The first kappa shape index (κ1) is 14.4. The fraction of sp³-hybridized carbons (Fsp3) is 0.353. The van der Waals surface area contributed by atoms with Crippen LogP contribution in [0.3, 0.4) is 0 Å². The van der Waals surface area contributed by atoms with Crippen LogP contribution < -0.4 is 10.1 Å². The van der Waals surface area contributed by atoms with Crippen molar-refractivity contribution in [1.29, 1.82) is 0 Å². The number of nitrogens with one attached hydrogen (secondary N) is 1. The Kier molecular flexibility index (Phi) is 4.28. The second-order valence-corrected chi connectivity index (χ2v) is 5.22. The molecule has 0 fully saturated rings. The van der Waals surface area contributed by atoms with Crippen molar-refractivity contribution in [3.8, 4) is 5.88 Å². The van der Waals surface area contributed by atoms with Crippen molar-refractivity contribution >= 4 is 5.69 Å². The van der Waals surface area contributed by atoms with Crippen molar-refractivity contribution in [2.24, 2.45) is 0 Å². The van der Waals surface area contributed by atoms with E-state index in [4.69, 9.17) is 4.74 Å². The Morgan fingerprint density at radius 2 is 1.80 bits per heavy atom. The molecule has 0 aliphatic heterocycles. The minimum Gasteiger partial charge on any atom is -0.480 e. The van der Waals surface area contributed by atoms with Gasteiger partial charge in [0.2, 0.25) is 5.88 Å². The normalized spacial score (nSPS) is 12.1. The van der Waals surface area contributed by atoms with Crippen LogP contribution in [0.1, 0.15) is 35.2 Å². The molecular formula is C17H22N2O. The molecule has 1 atom stereocenters. The highest BCUT2D eigenvalue weighted by Crippen LogP contribution is 2.28. The third-order valence-corrected chi connectivity index (χ3v) is 3.69. The molecule has 0 aliphatic carbocycles. The Morgan fingerprint density at radius 3 is 2.50 bits per heavy atom. The molecule has 3 heteroatoms. The van der Waals surface area contributed by atoms with Crippen LogP contribution >= 0.6 is 0 Å². The van der Waals surface area contributed by atoms with Crippen LogP contribution in [-0.4, -0.2) is 12.1 Å². The Balaban J connectivity index is 2.28. The SMILES string of the molecule is COc1ncccc1NC(C)c1cc(C)c(C)cc1C. The maximum Gasteiger partial charge on any atom is 0.237 e. The molecule has 0 bridgehead atoms. The van der Waals surface area contributed by atoms with Crippen molar-refractivity contribution in [3.05, 3.63) is 52.7 Å². The minimum atomic E-state index is 0.201. The average Bonchev–Trinajstić information content (AvgIpc) is 2.43. The Bertz CT molecular complexity index is 608. The maximum atomic E-state index is 5.28. The summed E-state index contributed by atoms with van der Waals surface area (Å²) < 4.78 is 5.28. The Hall–Kier alpha value is -2.03. The Morgan fingerprint density at radius 1 is 1.10 bits per heavy atom. The molecule has 2 aromatic rings. The number of aromatic nitrogens is 1. The third-order valence-electron chi connectivity index (χ3n) is 3.69. The molecule has 2 rings (SSSR count). The highest BCUT2D eigenvalue weighted by Gasteiger charge is 2.12. The number of rotatable bonds is 4. The largest absolute Gasteiger partial charge is 0.480 e. The summed E-state index contributed by atoms with van der Waals surface area (Å²) >= 11 is 0. The summed E-state index contributed by atoms with van der Waals surface area (Å²) in [4.78, 5) is 4.21. The zero-order valence-corrected chi connectivity index (χ0v) is 12.8. The van der Waals surface area contributed by atoms with E-state index in [1.54, 1.807) is 13.3 Å². The first-order valence-electron chi connectivity index (χ1n) is 6.86. The van der Waals surface area contributed by atoms with Gasteiger partial charge in [0.1, 0.15) is 0 Å². The van der Waals surface area contributed by atoms with E-state index in [0.717, 1.165) is 5.69 Å². The lowest BCUT2D eigenvalue weighted by molar-refractivity contribution is 0.399. The first-order chi connectivity index (χ1) is 9.52. The van der Waals surface area contributed by atoms with Crippen LogP contribution in [0.25, 0.3) is 0 Å². The van der Waals surface area contributed by atoms with E-state index in [2.05, 4.69) is 50.1 Å². The minimum absolute atomic E-state index is 0.201. The molecular weight excluding hydrogens is 248 g/mol. The number of hydrogen-bond acceptors (Lipinski definition) is 3. The van der Waals surface area contributed by atoms with Crippen LogP contribution in [0.4, 0.5) is 5.69 Å². The molecule has 1 unspecified atom stereocenters. The van der Waals surface area contributed by atoms with Crippen molar-refractivity contribution in [2.45, 2.75) is 33.7 Å². The predicted octanol–water partition coefficient (Wildman–Crippen LogP) is 4.19. The van der Waals surface area contributed by atoms with Gasteiger partial charge in [-0.05, 0) is 62.1 Å². The molecule has 0 radical (unpaired) electrons. The van der Waals surface area contributed by atoms with E-state index in [0.29, 0.717) is 5.88 Å². The molecule has 20 heavy (non-hydrogen) atoms. The number of aryl methyl sites for hydroxylation is 3. The van der Waals surface area contributed by atoms with Gasteiger partial charge in [-0.15, -0.1) is 0 Å². The van der Waals surface area contributed by atoms with Crippen LogP contribution in [-0.2, 0) is 0 Å². The van der Waals surface area contributed by atoms with Crippen molar-refractivity contribution in [3.63, 3.8) is 0 Å². The van der Waals surface area contributed by atoms with Crippen LogP contribution in [0.5, 0.6) is 5.88 Å². The number of anilines is 1. The van der Waals surface area contributed by atoms with Gasteiger partial charge in [-0.2, -0.15) is 0 Å². The molecule has 1 heterocycles. The van der Waals surface area contributed by atoms with E-state index in [-0.39, 0.29) is 6.04 Å². The van der Waals surface area contributed by atoms with Gasteiger partial charge in [-0.3, -0.25) is 0 Å². The lowest BCUT2D eigenvalue weighted by atomic mass is 9.96. The lowest BCUT2D eigenvalue weighted by Gasteiger charge is -2.20. The fourth-order valence-electron chi connectivity index (χ4n) is 2.42. The second kappa shape index (κ2) is 5.95. The number of pyridine rings is 1. The van der Waals surface area contributed by atoms with Gasteiger partial charge >= 0.3 is 0 Å². The highest BCUT2D eigenvalue weighted by atomic mass is 16.5. The molecule has 1 aromatic heterocycles. The first-order valence-corrected chi connectivity index (χ1v) is 6.86. The maximum absolute atomic E-state index is 5.28. The summed E-state index contributed by atoms with van der Waals surface area (Å²) in [6, 6.07) is 8.59. The smallest absolute Gasteiger partial charge is 0.237 e. The molecule has 0 aliphatic rings. The van der Waals surface area contributed by atoms with Crippen molar-refractivity contribution in [1.82, 2.24) is 4.98 Å². The molecule has 0 saturated heterocycles. The van der Waals surface area contributed by atoms with E-state index in [1.165, 1.54) is 22.3 Å². The van der Waals surface area contributed by atoms with Gasteiger partial charge in [-0.25, -0.2) is 4.98 Å². The average molecular weight is 270 g/mol.